The van der Waals surface area contributed by atoms with E-state index in [4.69, 9.17) is 9.47 Å². The molecule has 0 aliphatic rings. The second kappa shape index (κ2) is 10.1. The van der Waals surface area contributed by atoms with Gasteiger partial charge in [0.2, 0.25) is 0 Å². The Morgan fingerprint density at radius 3 is 2.23 bits per heavy atom. The maximum atomic E-state index is 12.6. The highest BCUT2D eigenvalue weighted by Crippen LogP contribution is 2.14. The molecular weight excluding hydrogens is 334 g/mol. The normalized spacial score (nSPS) is 10.1. The third-order valence-corrected chi connectivity index (χ3v) is 3.80. The minimum absolute atomic E-state index is 0.0959. The third-order valence-electron chi connectivity index (χ3n) is 3.80. The summed E-state index contributed by atoms with van der Waals surface area (Å²) in [6, 6.07) is 16.6. The minimum atomic E-state index is -0.360. The van der Waals surface area contributed by atoms with Crippen molar-refractivity contribution in [3.05, 3.63) is 60.2 Å². The number of amides is 1. The molecule has 26 heavy (non-hydrogen) atoms. The summed E-state index contributed by atoms with van der Waals surface area (Å²) in [5.74, 6) is 0.807. The van der Waals surface area contributed by atoms with Crippen molar-refractivity contribution in [2.75, 3.05) is 27.4 Å². The predicted molar refractivity (Wildman–Crippen MR) is 97.0 cm³/mol. The van der Waals surface area contributed by atoms with E-state index in [1.54, 1.807) is 24.1 Å². The van der Waals surface area contributed by atoms with Crippen molar-refractivity contribution in [2.24, 2.45) is 0 Å². The third kappa shape index (κ3) is 6.12. The van der Waals surface area contributed by atoms with Crippen LogP contribution in [0.15, 0.2) is 54.6 Å². The van der Waals surface area contributed by atoms with Crippen molar-refractivity contribution >= 4 is 11.9 Å². The molecule has 6 heteroatoms. The van der Waals surface area contributed by atoms with E-state index in [2.05, 4.69) is 4.74 Å². The Labute approximate surface area is 153 Å². The number of hydrogen-bond donors (Lipinski definition) is 0. The van der Waals surface area contributed by atoms with Gasteiger partial charge in [0, 0.05) is 13.1 Å². The monoisotopic (exact) mass is 357 g/mol. The van der Waals surface area contributed by atoms with Gasteiger partial charge in [-0.1, -0.05) is 30.3 Å². The summed E-state index contributed by atoms with van der Waals surface area (Å²) in [6.07, 6.45) is 0.129. The van der Waals surface area contributed by atoms with Gasteiger partial charge in [0.05, 0.1) is 20.6 Å². The molecule has 0 aliphatic heterocycles. The minimum Gasteiger partial charge on any atom is -0.497 e. The SMILES string of the molecule is COC(=O)CCN(Cc1ccc(OC)cc1)C(=O)COc1ccccc1. The molecule has 0 aromatic heterocycles. The molecule has 0 atom stereocenters. The van der Waals surface area contributed by atoms with Crippen molar-refractivity contribution < 1.29 is 23.8 Å². The molecule has 6 nitrogen and oxygen atoms in total. The quantitative estimate of drug-likeness (QED) is 0.646. The Morgan fingerprint density at radius 1 is 0.923 bits per heavy atom. The lowest BCUT2D eigenvalue weighted by atomic mass is 10.2. The van der Waals surface area contributed by atoms with E-state index >= 15 is 0 Å². The Bertz CT molecular complexity index is 700. The van der Waals surface area contributed by atoms with Crippen LogP contribution in [-0.4, -0.2) is 44.1 Å². The number of carbonyl (C=O) groups is 2. The number of methoxy groups -OCH3 is 2. The molecule has 0 aliphatic carbocycles. The second-order valence-electron chi connectivity index (χ2n) is 5.59. The molecule has 2 aromatic carbocycles. The van der Waals surface area contributed by atoms with Gasteiger partial charge in [-0.3, -0.25) is 9.59 Å². The second-order valence-corrected chi connectivity index (χ2v) is 5.59. The van der Waals surface area contributed by atoms with Crippen LogP contribution in [0.25, 0.3) is 0 Å². The molecule has 2 aromatic rings. The fourth-order valence-electron chi connectivity index (χ4n) is 2.32. The summed E-state index contributed by atoms with van der Waals surface area (Å²) in [5, 5.41) is 0. The van der Waals surface area contributed by atoms with Gasteiger partial charge in [-0.05, 0) is 29.8 Å². The predicted octanol–water partition coefficient (Wildman–Crippen LogP) is 2.67. The molecule has 0 saturated heterocycles. The van der Waals surface area contributed by atoms with Gasteiger partial charge in [-0.2, -0.15) is 0 Å². The molecule has 0 heterocycles. The highest BCUT2D eigenvalue weighted by Gasteiger charge is 2.16. The number of carbonyl (C=O) groups excluding carboxylic acids is 2. The standard InChI is InChI=1S/C20H23NO5/c1-24-17-10-8-16(9-11-17)14-21(13-12-20(23)25-2)19(22)15-26-18-6-4-3-5-7-18/h3-11H,12-15H2,1-2H3. The van der Waals surface area contributed by atoms with Crippen molar-refractivity contribution in [2.45, 2.75) is 13.0 Å². The number of ether oxygens (including phenoxy) is 3. The lowest BCUT2D eigenvalue weighted by Gasteiger charge is -2.22. The summed E-state index contributed by atoms with van der Waals surface area (Å²) in [7, 11) is 2.93. The van der Waals surface area contributed by atoms with Gasteiger partial charge >= 0.3 is 5.97 Å². The Balaban J connectivity index is 2.00. The molecular formula is C20H23NO5. The van der Waals surface area contributed by atoms with Crippen LogP contribution >= 0.6 is 0 Å². The lowest BCUT2D eigenvalue weighted by Crippen LogP contribution is -2.36. The maximum absolute atomic E-state index is 12.6. The van der Waals surface area contributed by atoms with Crippen molar-refractivity contribution in [1.29, 1.82) is 0 Å². The van der Waals surface area contributed by atoms with E-state index in [0.29, 0.717) is 12.3 Å². The first-order valence-electron chi connectivity index (χ1n) is 8.27. The highest BCUT2D eigenvalue weighted by molar-refractivity contribution is 5.78. The molecule has 138 valence electrons. The number of rotatable bonds is 9. The van der Waals surface area contributed by atoms with Crippen LogP contribution in [0.1, 0.15) is 12.0 Å². The fraction of sp³-hybridized carbons (Fsp3) is 0.300. The van der Waals surface area contributed by atoms with Gasteiger partial charge in [-0.25, -0.2) is 0 Å². The van der Waals surface area contributed by atoms with E-state index in [0.717, 1.165) is 11.3 Å². The van der Waals surface area contributed by atoms with Gasteiger partial charge in [-0.15, -0.1) is 0 Å². The molecule has 0 radical (unpaired) electrons. The Hall–Kier alpha value is -3.02. The molecule has 0 bridgehead atoms. The average molecular weight is 357 g/mol. The number of hydrogen-bond acceptors (Lipinski definition) is 5. The molecule has 2 rings (SSSR count). The van der Waals surface area contributed by atoms with Crippen LogP contribution in [0.3, 0.4) is 0 Å². The fourth-order valence-corrected chi connectivity index (χ4v) is 2.32. The molecule has 0 N–H and O–H groups in total. The van der Waals surface area contributed by atoms with E-state index in [1.165, 1.54) is 7.11 Å². The summed E-state index contributed by atoms with van der Waals surface area (Å²) in [5.41, 5.74) is 0.934. The van der Waals surface area contributed by atoms with Crippen LogP contribution < -0.4 is 9.47 Å². The Morgan fingerprint density at radius 2 is 1.62 bits per heavy atom. The first kappa shape index (κ1) is 19.3. The smallest absolute Gasteiger partial charge is 0.307 e. The van der Waals surface area contributed by atoms with E-state index in [9.17, 15) is 9.59 Å². The van der Waals surface area contributed by atoms with E-state index in [1.807, 2.05) is 42.5 Å². The summed E-state index contributed by atoms with van der Waals surface area (Å²) in [6.45, 7) is 0.537. The molecule has 0 unspecified atom stereocenters. The average Bonchev–Trinajstić information content (AvgIpc) is 2.70. The van der Waals surface area contributed by atoms with Crippen LogP contribution in [-0.2, 0) is 20.9 Å². The van der Waals surface area contributed by atoms with E-state index < -0.39 is 0 Å². The van der Waals surface area contributed by atoms with Gasteiger partial charge in [0.1, 0.15) is 11.5 Å². The number of nitrogens with zero attached hydrogens (tertiary/aromatic N) is 1. The number of benzene rings is 2. The van der Waals surface area contributed by atoms with Crippen LogP contribution in [0.5, 0.6) is 11.5 Å². The number of para-hydroxylation sites is 1. The van der Waals surface area contributed by atoms with Crippen molar-refractivity contribution in [3.63, 3.8) is 0 Å². The summed E-state index contributed by atoms with van der Waals surface area (Å²) < 4.78 is 15.3. The van der Waals surface area contributed by atoms with Gasteiger partial charge in [0.25, 0.3) is 5.91 Å². The largest absolute Gasteiger partial charge is 0.497 e. The first-order chi connectivity index (χ1) is 12.6. The summed E-state index contributed by atoms with van der Waals surface area (Å²) in [4.78, 5) is 25.6. The zero-order valence-corrected chi connectivity index (χ0v) is 15.0. The van der Waals surface area contributed by atoms with Crippen LogP contribution in [0.4, 0.5) is 0 Å². The first-order valence-corrected chi connectivity index (χ1v) is 8.27. The molecule has 0 spiro atoms. The molecule has 0 fully saturated rings. The van der Waals surface area contributed by atoms with Crippen LogP contribution in [0, 0.1) is 0 Å². The lowest BCUT2D eigenvalue weighted by molar-refractivity contribution is -0.142. The maximum Gasteiger partial charge on any atom is 0.307 e. The number of esters is 1. The highest BCUT2D eigenvalue weighted by atomic mass is 16.5. The zero-order chi connectivity index (χ0) is 18.8. The van der Waals surface area contributed by atoms with E-state index in [-0.39, 0.29) is 31.4 Å². The molecule has 0 saturated carbocycles. The topological polar surface area (TPSA) is 65.1 Å². The van der Waals surface area contributed by atoms with Crippen molar-refractivity contribution in [1.82, 2.24) is 4.90 Å². The molecule has 1 amide bonds. The Kier molecular flexibility index (Phi) is 7.49. The zero-order valence-electron chi connectivity index (χ0n) is 15.0. The van der Waals surface area contributed by atoms with Crippen molar-refractivity contribution in [3.8, 4) is 11.5 Å². The van der Waals surface area contributed by atoms with Crippen LogP contribution in [0.2, 0.25) is 0 Å². The summed E-state index contributed by atoms with van der Waals surface area (Å²) >= 11 is 0. The van der Waals surface area contributed by atoms with Gasteiger partial charge in [0.15, 0.2) is 6.61 Å². The van der Waals surface area contributed by atoms with Gasteiger partial charge < -0.3 is 19.1 Å².